The third-order valence-corrected chi connectivity index (χ3v) is 0.671. The third-order valence-electron chi connectivity index (χ3n) is 0.558. The molecule has 0 aliphatic carbocycles. The number of nitrogens with two attached hydrogens (primary N) is 1. The molecule has 6 heteroatoms. The van der Waals surface area contributed by atoms with Gasteiger partial charge in [0.1, 0.15) is 5.50 Å². The molecule has 0 bridgehead atoms. The number of alkyl halides is 1. The van der Waals surface area contributed by atoms with Crippen molar-refractivity contribution in [3.05, 3.63) is 0 Å². The lowest BCUT2D eigenvalue weighted by Gasteiger charge is -1.95. The maximum Gasteiger partial charge on any atom is 0.427 e. The first-order chi connectivity index (χ1) is 4.66. The van der Waals surface area contributed by atoms with E-state index in [1.165, 1.54) is 13.3 Å². The number of hydrogen-bond acceptors (Lipinski definition) is 4. The Labute approximate surface area is 63.2 Å². The van der Waals surface area contributed by atoms with E-state index >= 15 is 0 Å². The summed E-state index contributed by atoms with van der Waals surface area (Å²) >= 11 is 5.24. The van der Waals surface area contributed by atoms with E-state index in [9.17, 15) is 4.79 Å². The largest absolute Gasteiger partial charge is 0.452 e. The summed E-state index contributed by atoms with van der Waals surface area (Å²) < 4.78 is 4.18. The van der Waals surface area contributed by atoms with Crippen molar-refractivity contribution in [3.63, 3.8) is 0 Å². The lowest BCUT2D eigenvalue weighted by Crippen LogP contribution is -2.20. The van der Waals surface area contributed by atoms with Crippen LogP contribution in [0.5, 0.6) is 0 Å². The maximum atomic E-state index is 10.3. The molecular weight excluding hydrogens is 158 g/mol. The number of carbonyl (C=O) groups excluding carboxylic acids is 1. The van der Waals surface area contributed by atoms with E-state index in [1.807, 2.05) is 5.43 Å². The Bertz CT molecular complexity index is 136. The highest BCUT2D eigenvalue weighted by Gasteiger charge is 1.92. The summed E-state index contributed by atoms with van der Waals surface area (Å²) in [6, 6.07) is 0. The molecule has 0 radical (unpaired) electrons. The number of hydrogen-bond donors (Lipinski definition) is 2. The fraction of sp³-hybridized carbons (Fsp3) is 0.500. The number of nitrogens with one attached hydrogen (secondary N) is 1. The minimum Gasteiger partial charge on any atom is -0.452 e. The molecule has 0 fully saturated rings. The second kappa shape index (κ2) is 5.01. The van der Waals surface area contributed by atoms with Crippen LogP contribution in [0.1, 0.15) is 0 Å². The Hall–Kier alpha value is -0.810. The SMILES string of the molecule is COC(=O)NN=CC(N)Cl. The zero-order valence-electron chi connectivity index (χ0n) is 5.37. The third kappa shape index (κ3) is 5.33. The number of nitrogens with zero attached hydrogens (tertiary/aromatic N) is 1. The predicted molar refractivity (Wildman–Crippen MR) is 37.9 cm³/mol. The van der Waals surface area contributed by atoms with Gasteiger partial charge >= 0.3 is 6.09 Å². The average Bonchev–Trinajstić information content (AvgIpc) is 1.87. The van der Waals surface area contributed by atoms with Crippen molar-refractivity contribution >= 4 is 23.9 Å². The number of rotatable bonds is 2. The van der Waals surface area contributed by atoms with Gasteiger partial charge in [0, 0.05) is 0 Å². The molecule has 0 spiro atoms. The molecule has 0 aromatic carbocycles. The number of halogens is 1. The van der Waals surface area contributed by atoms with Crippen LogP contribution in [0.2, 0.25) is 0 Å². The van der Waals surface area contributed by atoms with Crippen LogP contribution in [0.15, 0.2) is 5.10 Å². The monoisotopic (exact) mass is 165 g/mol. The molecule has 0 aliphatic rings. The Balaban J connectivity index is 3.43. The number of ether oxygens (including phenoxy) is 1. The fourth-order valence-corrected chi connectivity index (χ4v) is 0.263. The molecule has 1 atom stereocenters. The van der Waals surface area contributed by atoms with Crippen LogP contribution in [0.3, 0.4) is 0 Å². The van der Waals surface area contributed by atoms with Gasteiger partial charge in [-0.25, -0.2) is 10.2 Å². The van der Waals surface area contributed by atoms with Gasteiger partial charge in [-0.3, -0.25) is 0 Å². The minimum atomic E-state index is -0.697. The first-order valence-electron chi connectivity index (χ1n) is 2.43. The van der Waals surface area contributed by atoms with Crippen molar-refractivity contribution in [2.45, 2.75) is 5.50 Å². The van der Waals surface area contributed by atoms with E-state index in [0.717, 1.165) is 0 Å². The highest BCUT2D eigenvalue weighted by molar-refractivity contribution is 6.27. The van der Waals surface area contributed by atoms with Gasteiger partial charge in [0.25, 0.3) is 0 Å². The van der Waals surface area contributed by atoms with Crippen molar-refractivity contribution in [2.75, 3.05) is 7.11 Å². The Kier molecular flexibility index (Phi) is 4.61. The van der Waals surface area contributed by atoms with Crippen LogP contribution in [-0.4, -0.2) is 24.9 Å². The summed E-state index contributed by atoms with van der Waals surface area (Å²) in [6.45, 7) is 0. The van der Waals surface area contributed by atoms with E-state index < -0.39 is 11.6 Å². The highest BCUT2D eigenvalue weighted by Crippen LogP contribution is 1.77. The van der Waals surface area contributed by atoms with Crippen LogP contribution in [0.4, 0.5) is 4.79 Å². The minimum absolute atomic E-state index is 0.659. The lowest BCUT2D eigenvalue weighted by atomic mass is 10.7. The van der Waals surface area contributed by atoms with Crippen molar-refractivity contribution < 1.29 is 9.53 Å². The summed E-state index contributed by atoms with van der Waals surface area (Å²) in [4.78, 5) is 10.3. The van der Waals surface area contributed by atoms with Gasteiger partial charge in [0.15, 0.2) is 0 Å². The van der Waals surface area contributed by atoms with Crippen molar-refractivity contribution in [1.29, 1.82) is 0 Å². The number of methoxy groups -OCH3 is 1. The summed E-state index contributed by atoms with van der Waals surface area (Å²) in [5.41, 5.74) is 6.35. The van der Waals surface area contributed by atoms with Gasteiger partial charge in [-0.15, -0.1) is 0 Å². The van der Waals surface area contributed by atoms with Crippen molar-refractivity contribution in [1.82, 2.24) is 5.43 Å². The van der Waals surface area contributed by atoms with Gasteiger partial charge in [-0.1, -0.05) is 11.6 Å². The molecule has 3 N–H and O–H groups in total. The van der Waals surface area contributed by atoms with Crippen LogP contribution in [-0.2, 0) is 4.74 Å². The number of amides is 1. The maximum absolute atomic E-state index is 10.3. The molecule has 5 nitrogen and oxygen atoms in total. The summed E-state index contributed by atoms with van der Waals surface area (Å²) in [7, 11) is 1.23. The van der Waals surface area contributed by atoms with Gasteiger partial charge < -0.3 is 10.5 Å². The molecule has 10 heavy (non-hydrogen) atoms. The van der Waals surface area contributed by atoms with Crippen LogP contribution >= 0.6 is 11.6 Å². The normalized spacial score (nSPS) is 13.1. The number of carbonyl (C=O) groups is 1. The molecule has 0 rings (SSSR count). The summed E-state index contributed by atoms with van der Waals surface area (Å²) in [5, 5.41) is 3.34. The van der Waals surface area contributed by atoms with Gasteiger partial charge in [0.2, 0.25) is 0 Å². The first-order valence-corrected chi connectivity index (χ1v) is 2.87. The molecule has 58 valence electrons. The molecule has 0 saturated carbocycles. The standard InChI is InChI=1S/C4H8ClN3O2/c1-10-4(9)8-7-2-3(5)6/h2-3H,6H2,1H3,(H,8,9). The van der Waals surface area contributed by atoms with E-state index in [-0.39, 0.29) is 0 Å². The second-order valence-corrected chi connectivity index (χ2v) is 1.83. The Morgan fingerprint density at radius 3 is 3.00 bits per heavy atom. The van der Waals surface area contributed by atoms with E-state index in [2.05, 4.69) is 9.84 Å². The molecule has 0 aromatic heterocycles. The molecule has 0 heterocycles. The lowest BCUT2D eigenvalue weighted by molar-refractivity contribution is 0.171. The molecular formula is C4H8ClN3O2. The highest BCUT2D eigenvalue weighted by atomic mass is 35.5. The topological polar surface area (TPSA) is 76.7 Å². The van der Waals surface area contributed by atoms with E-state index in [4.69, 9.17) is 17.3 Å². The molecule has 1 amide bonds. The van der Waals surface area contributed by atoms with Crippen molar-refractivity contribution in [3.8, 4) is 0 Å². The predicted octanol–water partition coefficient (Wildman–Crippen LogP) is -0.148. The first kappa shape index (κ1) is 9.19. The summed E-state index contributed by atoms with van der Waals surface area (Å²) in [5.74, 6) is 0. The molecule has 0 aliphatic heterocycles. The second-order valence-electron chi connectivity index (χ2n) is 1.33. The molecule has 1 unspecified atom stereocenters. The van der Waals surface area contributed by atoms with Gasteiger partial charge in [-0.2, -0.15) is 5.10 Å². The van der Waals surface area contributed by atoms with Crippen molar-refractivity contribution in [2.24, 2.45) is 10.8 Å². The Morgan fingerprint density at radius 1 is 2.00 bits per heavy atom. The van der Waals surface area contributed by atoms with E-state index in [1.54, 1.807) is 0 Å². The Morgan fingerprint density at radius 2 is 2.60 bits per heavy atom. The van der Waals surface area contributed by atoms with Gasteiger partial charge in [0.05, 0.1) is 13.3 Å². The van der Waals surface area contributed by atoms with E-state index in [0.29, 0.717) is 0 Å². The quantitative estimate of drug-likeness (QED) is 0.259. The average molecular weight is 166 g/mol. The summed E-state index contributed by atoms with van der Waals surface area (Å²) in [6.07, 6.45) is 0.506. The molecule has 0 aromatic rings. The van der Waals surface area contributed by atoms with Crippen LogP contribution in [0.25, 0.3) is 0 Å². The zero-order chi connectivity index (χ0) is 7.98. The molecule has 0 saturated heterocycles. The fourth-order valence-electron chi connectivity index (χ4n) is 0.207. The zero-order valence-corrected chi connectivity index (χ0v) is 6.13. The van der Waals surface area contributed by atoms with Crippen LogP contribution in [0, 0.1) is 0 Å². The van der Waals surface area contributed by atoms with Gasteiger partial charge in [-0.05, 0) is 0 Å². The number of hydrazone groups is 1. The smallest absolute Gasteiger partial charge is 0.427 e. The van der Waals surface area contributed by atoms with Crippen LogP contribution < -0.4 is 11.2 Å².